The Bertz CT molecular complexity index is 788. The van der Waals surface area contributed by atoms with Crippen LogP contribution in [0.5, 0.6) is 5.75 Å². The number of carbonyl (C=O) groups is 4. The Hall–Kier alpha value is -3.10. The van der Waals surface area contributed by atoms with Crippen LogP contribution in [0.3, 0.4) is 0 Å². The topological polar surface area (TPSA) is 116 Å². The molecule has 1 aromatic carbocycles. The maximum atomic E-state index is 12.4. The number of rotatable bonds is 5. The number of ether oxygens (including phenoxy) is 1. The van der Waals surface area contributed by atoms with Crippen LogP contribution >= 0.6 is 0 Å². The minimum Gasteiger partial charge on any atom is -0.481 e. The Balaban J connectivity index is 1.50. The first kappa shape index (κ1) is 19.7. The van der Waals surface area contributed by atoms with Gasteiger partial charge in [0.25, 0.3) is 5.91 Å². The highest BCUT2D eigenvalue weighted by atomic mass is 16.5. The molecule has 9 heteroatoms. The molecule has 2 aliphatic rings. The first-order chi connectivity index (χ1) is 13.3. The second-order valence-corrected chi connectivity index (χ2v) is 7.04. The molecule has 1 fully saturated rings. The summed E-state index contributed by atoms with van der Waals surface area (Å²) in [6.45, 7) is 0.604. The van der Waals surface area contributed by atoms with Crippen molar-refractivity contribution < 1.29 is 29.0 Å². The number of piperidine rings is 1. The molecule has 28 heavy (non-hydrogen) atoms. The number of para-hydroxylation sites is 2. The number of carbonyl (C=O) groups excluding carboxylic acids is 3. The van der Waals surface area contributed by atoms with E-state index in [1.807, 2.05) is 0 Å². The second kappa shape index (κ2) is 8.28. The van der Waals surface area contributed by atoms with Gasteiger partial charge in [-0.25, -0.2) is 0 Å². The first-order valence-corrected chi connectivity index (χ1v) is 9.16. The zero-order chi connectivity index (χ0) is 20.3. The fraction of sp³-hybridized carbons (Fsp3) is 0.474. The maximum Gasteiger partial charge on any atom is 0.306 e. The molecule has 0 aromatic heterocycles. The van der Waals surface area contributed by atoms with Gasteiger partial charge in [0.2, 0.25) is 11.8 Å². The van der Waals surface area contributed by atoms with Crippen LogP contribution in [-0.4, -0.2) is 71.4 Å². The van der Waals surface area contributed by atoms with Crippen molar-refractivity contribution in [2.45, 2.75) is 25.4 Å². The number of hydrogen-bond donors (Lipinski definition) is 2. The number of nitrogens with one attached hydrogen (secondary N) is 1. The van der Waals surface area contributed by atoms with Gasteiger partial charge in [-0.1, -0.05) is 12.1 Å². The minimum absolute atomic E-state index is 0.124. The number of likely N-dealkylation sites (tertiary alicyclic amines) is 1. The third-order valence-corrected chi connectivity index (χ3v) is 5.06. The molecule has 2 N–H and O–H groups in total. The van der Waals surface area contributed by atoms with Gasteiger partial charge in [0, 0.05) is 20.1 Å². The monoisotopic (exact) mass is 389 g/mol. The SMILES string of the molecule is CN(CC(=O)N1CCC(C(=O)O)CC1)C(=O)CC1Oc2ccccc2NC1=O. The summed E-state index contributed by atoms with van der Waals surface area (Å²) in [4.78, 5) is 50.8. The molecule has 1 aromatic rings. The molecule has 9 nitrogen and oxygen atoms in total. The van der Waals surface area contributed by atoms with E-state index < -0.39 is 23.9 Å². The van der Waals surface area contributed by atoms with Crippen LogP contribution in [0.4, 0.5) is 5.69 Å². The lowest BCUT2D eigenvalue weighted by Crippen LogP contribution is -2.47. The van der Waals surface area contributed by atoms with Gasteiger partial charge < -0.3 is 25.0 Å². The molecule has 3 amide bonds. The molecule has 0 radical (unpaired) electrons. The summed E-state index contributed by atoms with van der Waals surface area (Å²) in [6, 6.07) is 6.96. The van der Waals surface area contributed by atoms with Gasteiger partial charge in [0.05, 0.1) is 24.6 Å². The van der Waals surface area contributed by atoms with Gasteiger partial charge >= 0.3 is 5.97 Å². The summed E-state index contributed by atoms with van der Waals surface area (Å²) >= 11 is 0. The fourth-order valence-electron chi connectivity index (χ4n) is 3.31. The van der Waals surface area contributed by atoms with Crippen molar-refractivity contribution in [3.05, 3.63) is 24.3 Å². The number of aliphatic carboxylic acids is 1. The smallest absolute Gasteiger partial charge is 0.306 e. The van der Waals surface area contributed by atoms with E-state index in [1.165, 1.54) is 11.9 Å². The van der Waals surface area contributed by atoms with E-state index in [0.717, 1.165) is 0 Å². The molecule has 1 saturated heterocycles. The Morgan fingerprint density at radius 2 is 1.93 bits per heavy atom. The zero-order valence-electron chi connectivity index (χ0n) is 15.6. The van der Waals surface area contributed by atoms with Crippen LogP contribution in [-0.2, 0) is 19.2 Å². The molecule has 3 rings (SSSR count). The highest BCUT2D eigenvalue weighted by molar-refractivity contribution is 6.00. The number of carboxylic acids is 1. The number of benzene rings is 1. The van der Waals surface area contributed by atoms with E-state index in [9.17, 15) is 19.2 Å². The second-order valence-electron chi connectivity index (χ2n) is 7.04. The van der Waals surface area contributed by atoms with Gasteiger partial charge in [0.15, 0.2) is 6.10 Å². The number of nitrogens with zero attached hydrogens (tertiary/aromatic N) is 2. The normalized spacial score (nSPS) is 19.2. The lowest BCUT2D eigenvalue weighted by molar-refractivity contribution is -0.146. The molecule has 0 aliphatic carbocycles. The van der Waals surface area contributed by atoms with Gasteiger partial charge in [-0.15, -0.1) is 0 Å². The van der Waals surface area contributed by atoms with Crippen molar-refractivity contribution in [3.8, 4) is 5.75 Å². The van der Waals surface area contributed by atoms with Gasteiger partial charge in [-0.3, -0.25) is 19.2 Å². The van der Waals surface area contributed by atoms with Crippen molar-refractivity contribution in [2.75, 3.05) is 32.0 Å². The average Bonchev–Trinajstić information content (AvgIpc) is 2.68. The molecule has 0 bridgehead atoms. The van der Waals surface area contributed by atoms with Crippen LogP contribution in [0, 0.1) is 5.92 Å². The first-order valence-electron chi connectivity index (χ1n) is 9.16. The molecule has 0 saturated carbocycles. The molecule has 150 valence electrons. The average molecular weight is 389 g/mol. The summed E-state index contributed by atoms with van der Waals surface area (Å²) in [7, 11) is 1.50. The van der Waals surface area contributed by atoms with E-state index in [-0.39, 0.29) is 24.8 Å². The summed E-state index contributed by atoms with van der Waals surface area (Å²) in [6.07, 6.45) is -0.306. The number of amides is 3. The van der Waals surface area contributed by atoms with Crippen molar-refractivity contribution in [1.29, 1.82) is 0 Å². The summed E-state index contributed by atoms with van der Waals surface area (Å²) in [5.41, 5.74) is 0.560. The highest BCUT2D eigenvalue weighted by Crippen LogP contribution is 2.29. The van der Waals surface area contributed by atoms with Crippen LogP contribution in [0.2, 0.25) is 0 Å². The van der Waals surface area contributed by atoms with Crippen molar-refractivity contribution in [2.24, 2.45) is 5.92 Å². The van der Waals surface area contributed by atoms with Crippen molar-refractivity contribution >= 4 is 29.4 Å². The highest BCUT2D eigenvalue weighted by Gasteiger charge is 2.32. The number of likely N-dealkylation sites (N-methyl/N-ethyl adjacent to an activating group) is 1. The Labute approximate surface area is 162 Å². The van der Waals surface area contributed by atoms with Crippen LogP contribution in [0.25, 0.3) is 0 Å². The third-order valence-electron chi connectivity index (χ3n) is 5.06. The van der Waals surface area contributed by atoms with E-state index in [4.69, 9.17) is 9.84 Å². The number of anilines is 1. The van der Waals surface area contributed by atoms with E-state index in [0.29, 0.717) is 37.4 Å². The minimum atomic E-state index is -0.953. The van der Waals surface area contributed by atoms with E-state index >= 15 is 0 Å². The third kappa shape index (κ3) is 4.41. The molecule has 1 atom stereocenters. The molecule has 2 aliphatic heterocycles. The van der Waals surface area contributed by atoms with Gasteiger partial charge in [-0.05, 0) is 25.0 Å². The summed E-state index contributed by atoms with van der Waals surface area (Å²) in [5, 5.41) is 11.7. The predicted octanol–water partition coefficient (Wildman–Crippen LogP) is 0.558. The number of fused-ring (bicyclic) bond motifs is 1. The van der Waals surface area contributed by atoms with Crippen LogP contribution < -0.4 is 10.1 Å². The van der Waals surface area contributed by atoms with E-state index in [2.05, 4.69) is 5.32 Å². The Morgan fingerprint density at radius 1 is 1.25 bits per heavy atom. The van der Waals surface area contributed by atoms with Crippen molar-refractivity contribution in [1.82, 2.24) is 9.80 Å². The lowest BCUT2D eigenvalue weighted by atomic mass is 9.97. The van der Waals surface area contributed by atoms with Gasteiger partial charge in [0.1, 0.15) is 5.75 Å². The molecule has 2 heterocycles. The molecule has 0 spiro atoms. The molecule has 1 unspecified atom stereocenters. The largest absolute Gasteiger partial charge is 0.481 e. The Morgan fingerprint density at radius 3 is 2.61 bits per heavy atom. The molecular formula is C19H23N3O6. The predicted molar refractivity (Wildman–Crippen MR) is 98.7 cm³/mol. The fourth-order valence-corrected chi connectivity index (χ4v) is 3.31. The number of carboxylic acid groups (broad SMARTS) is 1. The number of hydrogen-bond acceptors (Lipinski definition) is 5. The maximum absolute atomic E-state index is 12.4. The summed E-state index contributed by atoms with van der Waals surface area (Å²) < 4.78 is 5.61. The van der Waals surface area contributed by atoms with Crippen molar-refractivity contribution in [3.63, 3.8) is 0 Å². The van der Waals surface area contributed by atoms with Crippen LogP contribution in [0.15, 0.2) is 24.3 Å². The zero-order valence-corrected chi connectivity index (χ0v) is 15.6. The lowest BCUT2D eigenvalue weighted by Gasteiger charge is -2.32. The quantitative estimate of drug-likeness (QED) is 0.760. The Kier molecular flexibility index (Phi) is 5.81. The van der Waals surface area contributed by atoms with Gasteiger partial charge in [-0.2, -0.15) is 0 Å². The van der Waals surface area contributed by atoms with Crippen LogP contribution in [0.1, 0.15) is 19.3 Å². The molecular weight excluding hydrogens is 366 g/mol. The van der Waals surface area contributed by atoms with E-state index in [1.54, 1.807) is 29.2 Å². The summed E-state index contributed by atoms with van der Waals surface area (Å²) in [5.74, 6) is -1.78. The standard InChI is InChI=1S/C19H23N3O6/c1-21(11-17(24)22-8-6-12(7-9-22)19(26)27)16(23)10-15-18(25)20-13-4-2-3-5-14(13)28-15/h2-5,12,15H,6-11H2,1H3,(H,20,25)(H,26,27).